The highest BCUT2D eigenvalue weighted by molar-refractivity contribution is 5.02. The monoisotopic (exact) mass is 211 g/mol. The smallest absolute Gasteiger partial charge is 0.0990 e. The molecule has 0 amide bonds. The van der Waals surface area contributed by atoms with Crippen molar-refractivity contribution in [1.82, 2.24) is 14.7 Å². The van der Waals surface area contributed by atoms with Gasteiger partial charge in [-0.05, 0) is 25.6 Å². The molecule has 1 heterocycles. The molecule has 0 aliphatic carbocycles. The molecule has 15 heavy (non-hydrogen) atoms. The van der Waals surface area contributed by atoms with E-state index >= 15 is 0 Å². The molecule has 1 atom stereocenters. The fourth-order valence-corrected chi connectivity index (χ4v) is 1.60. The summed E-state index contributed by atoms with van der Waals surface area (Å²) in [7, 11) is 1.86. The van der Waals surface area contributed by atoms with Crippen LogP contribution in [-0.4, -0.2) is 39.4 Å². The Labute approximate surface area is 91.5 Å². The summed E-state index contributed by atoms with van der Waals surface area (Å²) in [5.41, 5.74) is 0.768. The minimum absolute atomic E-state index is 0.438. The average Bonchev–Trinajstić information content (AvgIpc) is 2.66. The fraction of sp³-hybridized carbons (Fsp3) is 0.727. The number of nitrogens with zero attached hydrogens (tertiary/aromatic N) is 3. The second kappa shape index (κ2) is 5.88. The van der Waals surface area contributed by atoms with Gasteiger partial charge in [-0.25, -0.2) is 0 Å². The maximum absolute atomic E-state index is 9.87. The Hall–Kier alpha value is -0.870. The van der Waals surface area contributed by atoms with Crippen LogP contribution in [0.5, 0.6) is 0 Å². The van der Waals surface area contributed by atoms with Gasteiger partial charge in [-0.15, -0.1) is 0 Å². The lowest BCUT2D eigenvalue weighted by molar-refractivity contribution is 0.140. The van der Waals surface area contributed by atoms with E-state index < -0.39 is 6.10 Å². The topological polar surface area (TPSA) is 41.3 Å². The molecule has 1 aromatic rings. The van der Waals surface area contributed by atoms with Gasteiger partial charge in [-0.3, -0.25) is 4.68 Å². The van der Waals surface area contributed by atoms with Crippen LogP contribution in [-0.2, 0) is 7.05 Å². The Morgan fingerprint density at radius 2 is 2.13 bits per heavy atom. The average molecular weight is 211 g/mol. The SMILES string of the molecule is CCN(CC)CCC(O)c1ccn(C)n1. The number of hydrogen-bond acceptors (Lipinski definition) is 3. The highest BCUT2D eigenvalue weighted by Crippen LogP contribution is 2.14. The van der Waals surface area contributed by atoms with Crippen molar-refractivity contribution in [3.8, 4) is 0 Å². The summed E-state index contributed by atoms with van der Waals surface area (Å²) in [6.45, 7) is 7.26. The molecule has 4 nitrogen and oxygen atoms in total. The van der Waals surface area contributed by atoms with Gasteiger partial charge in [0, 0.05) is 19.8 Å². The van der Waals surface area contributed by atoms with Crippen LogP contribution in [0.2, 0.25) is 0 Å². The zero-order valence-corrected chi connectivity index (χ0v) is 9.85. The van der Waals surface area contributed by atoms with Crippen LogP contribution >= 0.6 is 0 Å². The first-order valence-corrected chi connectivity index (χ1v) is 5.57. The molecular formula is C11H21N3O. The molecule has 86 valence electrons. The van der Waals surface area contributed by atoms with E-state index in [1.54, 1.807) is 4.68 Å². The van der Waals surface area contributed by atoms with Crippen LogP contribution in [0.4, 0.5) is 0 Å². The van der Waals surface area contributed by atoms with E-state index in [9.17, 15) is 5.11 Å². The summed E-state index contributed by atoms with van der Waals surface area (Å²) in [6.07, 6.45) is 2.17. The summed E-state index contributed by atoms with van der Waals surface area (Å²) in [5, 5.41) is 14.1. The summed E-state index contributed by atoms with van der Waals surface area (Å²) in [4.78, 5) is 2.30. The van der Waals surface area contributed by atoms with Crippen LogP contribution in [0.15, 0.2) is 12.3 Å². The number of hydrogen-bond donors (Lipinski definition) is 1. The van der Waals surface area contributed by atoms with E-state index in [4.69, 9.17) is 0 Å². The summed E-state index contributed by atoms with van der Waals surface area (Å²) in [6, 6.07) is 1.87. The van der Waals surface area contributed by atoms with Crippen molar-refractivity contribution >= 4 is 0 Å². The molecule has 0 bridgehead atoms. The van der Waals surface area contributed by atoms with Gasteiger partial charge in [0.15, 0.2) is 0 Å². The van der Waals surface area contributed by atoms with E-state index in [1.807, 2.05) is 19.3 Å². The normalized spacial score (nSPS) is 13.4. The van der Waals surface area contributed by atoms with E-state index in [1.165, 1.54) is 0 Å². The predicted octanol–water partition coefficient (Wildman–Crippen LogP) is 1.19. The molecule has 0 aromatic carbocycles. The number of aromatic nitrogens is 2. The zero-order valence-electron chi connectivity index (χ0n) is 9.85. The number of rotatable bonds is 6. The van der Waals surface area contributed by atoms with Crippen LogP contribution in [0.1, 0.15) is 32.1 Å². The van der Waals surface area contributed by atoms with Crippen molar-refractivity contribution in [3.05, 3.63) is 18.0 Å². The highest BCUT2D eigenvalue weighted by Gasteiger charge is 2.11. The Kier molecular flexibility index (Phi) is 4.78. The zero-order chi connectivity index (χ0) is 11.3. The molecule has 0 spiro atoms. The lowest BCUT2D eigenvalue weighted by atomic mass is 10.2. The van der Waals surface area contributed by atoms with Crippen LogP contribution in [0.3, 0.4) is 0 Å². The van der Waals surface area contributed by atoms with Crippen molar-refractivity contribution in [3.63, 3.8) is 0 Å². The maximum atomic E-state index is 9.87. The molecule has 1 aromatic heterocycles. The van der Waals surface area contributed by atoms with Crippen molar-refractivity contribution < 1.29 is 5.11 Å². The quantitative estimate of drug-likeness (QED) is 0.768. The van der Waals surface area contributed by atoms with Crippen molar-refractivity contribution in [1.29, 1.82) is 0 Å². The third-order valence-electron chi connectivity index (χ3n) is 2.69. The third-order valence-corrected chi connectivity index (χ3v) is 2.69. The van der Waals surface area contributed by atoms with E-state index in [2.05, 4.69) is 23.8 Å². The van der Waals surface area contributed by atoms with Gasteiger partial charge in [0.25, 0.3) is 0 Å². The van der Waals surface area contributed by atoms with Crippen molar-refractivity contribution in [2.75, 3.05) is 19.6 Å². The first kappa shape index (κ1) is 12.2. The molecule has 0 fully saturated rings. The summed E-state index contributed by atoms with van der Waals surface area (Å²) >= 11 is 0. The molecule has 0 saturated carbocycles. The van der Waals surface area contributed by atoms with E-state index in [0.29, 0.717) is 0 Å². The second-order valence-electron chi connectivity index (χ2n) is 3.75. The fourth-order valence-electron chi connectivity index (χ4n) is 1.60. The third kappa shape index (κ3) is 3.64. The van der Waals surface area contributed by atoms with Gasteiger partial charge < -0.3 is 10.0 Å². The number of aliphatic hydroxyl groups excluding tert-OH is 1. The Balaban J connectivity index is 2.39. The molecule has 1 unspecified atom stereocenters. The predicted molar refractivity (Wildman–Crippen MR) is 60.6 cm³/mol. The van der Waals surface area contributed by atoms with Gasteiger partial charge in [0.2, 0.25) is 0 Å². The lowest BCUT2D eigenvalue weighted by Crippen LogP contribution is -2.25. The van der Waals surface area contributed by atoms with E-state index in [-0.39, 0.29) is 0 Å². The van der Waals surface area contributed by atoms with Crippen molar-refractivity contribution in [2.45, 2.75) is 26.4 Å². The maximum Gasteiger partial charge on any atom is 0.0990 e. The molecule has 0 aliphatic rings. The lowest BCUT2D eigenvalue weighted by Gasteiger charge is -2.19. The molecule has 0 saturated heterocycles. The summed E-state index contributed by atoms with van der Waals surface area (Å²) < 4.78 is 1.72. The second-order valence-corrected chi connectivity index (χ2v) is 3.75. The van der Waals surface area contributed by atoms with E-state index in [0.717, 1.165) is 31.7 Å². The molecule has 1 rings (SSSR count). The van der Waals surface area contributed by atoms with Gasteiger partial charge in [-0.1, -0.05) is 13.8 Å². The van der Waals surface area contributed by atoms with Crippen molar-refractivity contribution in [2.24, 2.45) is 7.05 Å². The van der Waals surface area contributed by atoms with Gasteiger partial charge >= 0.3 is 0 Å². The van der Waals surface area contributed by atoms with Gasteiger partial charge in [0.05, 0.1) is 11.8 Å². The Bertz CT molecular complexity index is 281. The molecule has 0 radical (unpaired) electrons. The summed E-state index contributed by atoms with van der Waals surface area (Å²) in [5.74, 6) is 0. The molecule has 4 heteroatoms. The molecular weight excluding hydrogens is 190 g/mol. The molecule has 0 aliphatic heterocycles. The highest BCUT2D eigenvalue weighted by atomic mass is 16.3. The molecule has 1 N–H and O–H groups in total. The number of aliphatic hydroxyl groups is 1. The van der Waals surface area contributed by atoms with Gasteiger partial charge in [-0.2, -0.15) is 5.10 Å². The number of aryl methyl sites for hydroxylation is 1. The Morgan fingerprint density at radius 3 is 2.60 bits per heavy atom. The minimum Gasteiger partial charge on any atom is -0.387 e. The van der Waals surface area contributed by atoms with Crippen LogP contribution in [0.25, 0.3) is 0 Å². The van der Waals surface area contributed by atoms with Crippen LogP contribution < -0.4 is 0 Å². The largest absolute Gasteiger partial charge is 0.387 e. The first-order chi connectivity index (χ1) is 7.17. The van der Waals surface area contributed by atoms with Crippen LogP contribution in [0, 0.1) is 0 Å². The van der Waals surface area contributed by atoms with Gasteiger partial charge in [0.1, 0.15) is 0 Å². The Morgan fingerprint density at radius 1 is 1.47 bits per heavy atom. The first-order valence-electron chi connectivity index (χ1n) is 5.57. The standard InChI is InChI=1S/C11H21N3O/c1-4-14(5-2)9-7-11(15)10-6-8-13(3)12-10/h6,8,11,15H,4-5,7,9H2,1-3H3. The minimum atomic E-state index is -0.438.